The van der Waals surface area contributed by atoms with Crippen molar-refractivity contribution in [2.24, 2.45) is 0 Å². The van der Waals surface area contributed by atoms with Crippen LogP contribution < -0.4 is 0 Å². The van der Waals surface area contributed by atoms with Gasteiger partial charge in [0.1, 0.15) is 0 Å². The van der Waals surface area contributed by atoms with E-state index in [0.29, 0.717) is 0 Å². The lowest BCUT2D eigenvalue weighted by atomic mass is 10.7. The molecular weight excluding hydrogens is 196 g/mol. The van der Waals surface area contributed by atoms with Crippen LogP contribution in [0.25, 0.3) is 0 Å². The second kappa shape index (κ2) is 5.95. The van der Waals surface area contributed by atoms with E-state index in [1.54, 1.807) is 0 Å². The zero-order valence-electron chi connectivity index (χ0n) is 9.73. The first kappa shape index (κ1) is 13.4. The molecule has 0 saturated heterocycles. The standard InChI is InChI=1S/C9H22O2Si2/c1-7-10-9(3,11-8-2)13(6)12(4)5/h7-8H2,1-6H3. The van der Waals surface area contributed by atoms with Crippen LogP contribution in [0.15, 0.2) is 0 Å². The Morgan fingerprint density at radius 1 is 1.00 bits per heavy atom. The van der Waals surface area contributed by atoms with E-state index < -0.39 is 7.89 Å². The molecule has 0 aromatic heterocycles. The Kier molecular flexibility index (Phi) is 6.12. The topological polar surface area (TPSA) is 18.5 Å². The molecule has 13 heavy (non-hydrogen) atoms. The summed E-state index contributed by atoms with van der Waals surface area (Å²) in [5.41, 5.74) is -0.272. The van der Waals surface area contributed by atoms with E-state index in [1.807, 2.05) is 13.8 Å². The molecule has 0 bridgehead atoms. The third kappa shape index (κ3) is 3.93. The molecule has 0 unspecified atom stereocenters. The van der Waals surface area contributed by atoms with Crippen LogP contribution in [0.4, 0.5) is 0 Å². The molecule has 0 aliphatic heterocycles. The number of ether oxygens (including phenoxy) is 2. The highest BCUT2D eigenvalue weighted by Gasteiger charge is 2.27. The second-order valence-electron chi connectivity index (χ2n) is 3.44. The van der Waals surface area contributed by atoms with Gasteiger partial charge in [-0.3, -0.25) is 0 Å². The van der Waals surface area contributed by atoms with Gasteiger partial charge in [-0.25, -0.2) is 0 Å². The average Bonchev–Trinajstić information content (AvgIpc) is 2.03. The van der Waals surface area contributed by atoms with Crippen LogP contribution in [0, 0.1) is 0 Å². The van der Waals surface area contributed by atoms with E-state index in [-0.39, 0.29) is 13.3 Å². The van der Waals surface area contributed by atoms with Gasteiger partial charge in [-0.05, 0) is 28.7 Å². The second-order valence-corrected chi connectivity index (χ2v) is 12.8. The van der Waals surface area contributed by atoms with Crippen molar-refractivity contribution in [1.82, 2.24) is 0 Å². The molecule has 0 atom stereocenters. The van der Waals surface area contributed by atoms with E-state index in [0.717, 1.165) is 13.2 Å². The fourth-order valence-corrected chi connectivity index (χ4v) is 6.05. The molecule has 0 saturated carbocycles. The summed E-state index contributed by atoms with van der Waals surface area (Å²) in [6.07, 6.45) is 0. The van der Waals surface area contributed by atoms with Crippen molar-refractivity contribution in [2.75, 3.05) is 13.2 Å². The summed E-state index contributed by atoms with van der Waals surface area (Å²) < 4.78 is 11.5. The fourth-order valence-electron chi connectivity index (χ4n) is 1.26. The van der Waals surface area contributed by atoms with E-state index >= 15 is 0 Å². The lowest BCUT2D eigenvalue weighted by molar-refractivity contribution is -0.163. The summed E-state index contributed by atoms with van der Waals surface area (Å²) in [4.78, 5) is 0. The summed E-state index contributed by atoms with van der Waals surface area (Å²) in [6, 6.07) is 0. The third-order valence-electron chi connectivity index (χ3n) is 2.27. The third-order valence-corrected chi connectivity index (χ3v) is 11.3. The van der Waals surface area contributed by atoms with Gasteiger partial charge in [0.15, 0.2) is 5.41 Å². The summed E-state index contributed by atoms with van der Waals surface area (Å²) >= 11 is 0. The van der Waals surface area contributed by atoms with Crippen LogP contribution in [0.2, 0.25) is 19.6 Å². The minimum Gasteiger partial charge on any atom is -0.352 e. The Morgan fingerprint density at radius 3 is 1.62 bits per heavy atom. The molecule has 0 aromatic rings. The molecule has 0 fully saturated rings. The monoisotopic (exact) mass is 218 g/mol. The Morgan fingerprint density at radius 2 is 1.38 bits per heavy atom. The van der Waals surface area contributed by atoms with Crippen molar-refractivity contribution in [3.05, 3.63) is 0 Å². The maximum Gasteiger partial charge on any atom is 0.159 e. The highest BCUT2D eigenvalue weighted by molar-refractivity contribution is 6.95. The summed E-state index contributed by atoms with van der Waals surface area (Å²) in [6.45, 7) is 14.7. The fraction of sp³-hybridized carbons (Fsp3) is 1.00. The van der Waals surface area contributed by atoms with Gasteiger partial charge in [0.2, 0.25) is 0 Å². The van der Waals surface area contributed by atoms with Gasteiger partial charge in [-0.15, -0.1) is 0 Å². The normalized spacial score (nSPS) is 11.5. The molecule has 0 rings (SSSR count). The molecule has 0 radical (unpaired) electrons. The molecular formula is C9H22O2Si2. The molecule has 0 aliphatic carbocycles. The van der Waals surface area contributed by atoms with Gasteiger partial charge in [-0.1, -0.05) is 19.6 Å². The van der Waals surface area contributed by atoms with Crippen molar-refractivity contribution in [3.63, 3.8) is 0 Å². The van der Waals surface area contributed by atoms with Crippen molar-refractivity contribution in [1.29, 1.82) is 0 Å². The molecule has 4 heteroatoms. The number of hydrogen-bond donors (Lipinski definition) is 0. The Balaban J connectivity index is 4.67. The maximum absolute atomic E-state index is 5.74. The lowest BCUT2D eigenvalue weighted by Gasteiger charge is -2.31. The highest BCUT2D eigenvalue weighted by Crippen LogP contribution is 2.13. The summed E-state index contributed by atoms with van der Waals surface area (Å²) in [7, 11) is -0.772. The Labute approximate surface area is 84.8 Å². The Bertz CT molecular complexity index is 180. The highest BCUT2D eigenvalue weighted by atomic mass is 28.9. The first-order valence-corrected chi connectivity index (χ1v) is 10.4. The quantitative estimate of drug-likeness (QED) is 0.521. The zero-order valence-corrected chi connectivity index (χ0v) is 11.7. The van der Waals surface area contributed by atoms with Crippen LogP contribution in [-0.2, 0) is 9.47 Å². The van der Waals surface area contributed by atoms with Crippen LogP contribution in [0.5, 0.6) is 0 Å². The molecule has 0 amide bonds. The van der Waals surface area contributed by atoms with Crippen LogP contribution in [0.3, 0.4) is 0 Å². The smallest absolute Gasteiger partial charge is 0.159 e. The van der Waals surface area contributed by atoms with Crippen LogP contribution >= 0.6 is 0 Å². The average molecular weight is 218 g/mol. The summed E-state index contributed by atoms with van der Waals surface area (Å²) in [5.74, 6) is 0. The predicted molar refractivity (Wildman–Crippen MR) is 60.8 cm³/mol. The van der Waals surface area contributed by atoms with Crippen LogP contribution in [-0.4, -0.2) is 34.4 Å². The molecule has 0 heterocycles. The first-order valence-electron chi connectivity index (χ1n) is 4.90. The van der Waals surface area contributed by atoms with E-state index in [1.165, 1.54) is 0 Å². The van der Waals surface area contributed by atoms with Gasteiger partial charge in [0.25, 0.3) is 0 Å². The van der Waals surface area contributed by atoms with Crippen molar-refractivity contribution in [2.45, 2.75) is 45.8 Å². The molecule has 0 spiro atoms. The molecule has 78 valence electrons. The van der Waals surface area contributed by atoms with Gasteiger partial charge in [0.05, 0.1) is 7.89 Å². The summed E-state index contributed by atoms with van der Waals surface area (Å²) in [5, 5.41) is 0. The van der Waals surface area contributed by atoms with Gasteiger partial charge in [0, 0.05) is 13.2 Å². The molecule has 0 aliphatic rings. The van der Waals surface area contributed by atoms with Crippen molar-refractivity contribution >= 4 is 15.8 Å². The molecule has 0 N–H and O–H groups in total. The van der Waals surface area contributed by atoms with E-state index in [2.05, 4.69) is 26.6 Å². The maximum atomic E-state index is 5.74. The molecule has 2 nitrogen and oxygen atoms in total. The number of rotatable bonds is 5. The predicted octanol–water partition coefficient (Wildman–Crippen LogP) is 2.27. The molecule has 0 aromatic carbocycles. The zero-order chi connectivity index (χ0) is 10.5. The first-order chi connectivity index (χ1) is 5.98. The largest absolute Gasteiger partial charge is 0.352 e. The van der Waals surface area contributed by atoms with Crippen molar-refractivity contribution < 1.29 is 9.47 Å². The SMILES string of the molecule is CCOC(C)(OCC)[Si](C)=[Si](C)C. The van der Waals surface area contributed by atoms with Gasteiger partial charge >= 0.3 is 0 Å². The number of hydrogen-bond acceptors (Lipinski definition) is 2. The van der Waals surface area contributed by atoms with Crippen molar-refractivity contribution in [3.8, 4) is 0 Å². The van der Waals surface area contributed by atoms with Gasteiger partial charge < -0.3 is 9.47 Å². The van der Waals surface area contributed by atoms with Crippen LogP contribution in [0.1, 0.15) is 20.8 Å². The van der Waals surface area contributed by atoms with Gasteiger partial charge in [-0.2, -0.15) is 0 Å². The van der Waals surface area contributed by atoms with E-state index in [4.69, 9.17) is 9.47 Å². The minimum atomic E-state index is -0.511. The minimum absolute atomic E-state index is 0.261. The Hall–Kier alpha value is 0.354. The van der Waals surface area contributed by atoms with E-state index in [9.17, 15) is 0 Å². The lowest BCUT2D eigenvalue weighted by Crippen LogP contribution is -2.44.